The van der Waals surface area contributed by atoms with Gasteiger partial charge in [0.1, 0.15) is 0 Å². The molecule has 3 aliphatic rings. The molecule has 0 aromatic heterocycles. The Labute approximate surface area is 75.1 Å². The molecule has 2 aliphatic heterocycles. The summed E-state index contributed by atoms with van der Waals surface area (Å²) in [4.78, 5) is 2.81. The van der Waals surface area contributed by atoms with Gasteiger partial charge in [-0.25, -0.2) is 0 Å². The summed E-state index contributed by atoms with van der Waals surface area (Å²) in [5.74, 6) is 1.10. The molecule has 0 N–H and O–H groups in total. The molecule has 0 aromatic carbocycles. The lowest BCUT2D eigenvalue weighted by Crippen LogP contribution is -2.51. The zero-order valence-corrected chi connectivity index (χ0v) is 7.89. The first-order valence-corrected chi connectivity index (χ1v) is 5.64. The standard InChI is InChI=1S/C11H19N/c1-3-10-4-8-12-7-2-6-11(12,5-1)9-10/h10H,1-9H2/t10-,11+/m1/s1. The SMILES string of the molecule is C1C[C@@H]2CCN3CCC[C@@]3(C1)C2. The van der Waals surface area contributed by atoms with E-state index in [-0.39, 0.29) is 0 Å². The van der Waals surface area contributed by atoms with E-state index in [1.165, 1.54) is 51.6 Å². The maximum atomic E-state index is 2.81. The van der Waals surface area contributed by atoms with Gasteiger partial charge in [-0.1, -0.05) is 12.8 Å². The highest BCUT2D eigenvalue weighted by Gasteiger charge is 2.46. The first-order chi connectivity index (χ1) is 5.89. The molecule has 1 aliphatic carbocycles. The average molecular weight is 165 g/mol. The topological polar surface area (TPSA) is 3.24 Å². The van der Waals surface area contributed by atoms with Gasteiger partial charge in [-0.2, -0.15) is 0 Å². The minimum atomic E-state index is 0.723. The summed E-state index contributed by atoms with van der Waals surface area (Å²) < 4.78 is 0. The van der Waals surface area contributed by atoms with Crippen molar-refractivity contribution in [3.8, 4) is 0 Å². The lowest BCUT2D eigenvalue weighted by Gasteiger charge is -2.49. The van der Waals surface area contributed by atoms with Crippen LogP contribution in [0.1, 0.15) is 44.9 Å². The van der Waals surface area contributed by atoms with Crippen LogP contribution in [0.5, 0.6) is 0 Å². The highest BCUT2D eigenvalue weighted by molar-refractivity contribution is 5.02. The molecule has 0 radical (unpaired) electrons. The van der Waals surface area contributed by atoms with Gasteiger partial charge in [0.05, 0.1) is 0 Å². The predicted octanol–water partition coefficient (Wildman–Crippen LogP) is 2.41. The Hall–Kier alpha value is -0.0400. The Bertz CT molecular complexity index is 189. The van der Waals surface area contributed by atoms with E-state index in [0.717, 1.165) is 11.5 Å². The summed E-state index contributed by atoms with van der Waals surface area (Å²) in [6, 6.07) is 0. The van der Waals surface area contributed by atoms with Gasteiger partial charge >= 0.3 is 0 Å². The number of nitrogens with zero attached hydrogens (tertiary/aromatic N) is 1. The molecule has 2 bridgehead atoms. The Morgan fingerprint density at radius 1 is 1.00 bits per heavy atom. The smallest absolute Gasteiger partial charge is 0.0212 e. The van der Waals surface area contributed by atoms with Crippen molar-refractivity contribution < 1.29 is 0 Å². The first-order valence-electron chi connectivity index (χ1n) is 5.64. The van der Waals surface area contributed by atoms with Crippen LogP contribution in [0.4, 0.5) is 0 Å². The molecule has 0 unspecified atom stereocenters. The number of rotatable bonds is 0. The molecule has 0 aromatic rings. The molecule has 2 saturated heterocycles. The molecule has 1 nitrogen and oxygen atoms in total. The van der Waals surface area contributed by atoms with Crippen molar-refractivity contribution in [2.75, 3.05) is 13.1 Å². The summed E-state index contributed by atoms with van der Waals surface area (Å²) >= 11 is 0. The molecule has 3 rings (SSSR count). The largest absolute Gasteiger partial charge is 0.298 e. The van der Waals surface area contributed by atoms with Crippen LogP contribution in [-0.2, 0) is 0 Å². The van der Waals surface area contributed by atoms with E-state index in [1.807, 2.05) is 0 Å². The van der Waals surface area contributed by atoms with Crippen LogP contribution in [0.3, 0.4) is 0 Å². The number of hydrogen-bond donors (Lipinski definition) is 0. The summed E-state index contributed by atoms with van der Waals surface area (Å²) in [6.07, 6.45) is 10.6. The lowest BCUT2D eigenvalue weighted by molar-refractivity contribution is 0.0187. The van der Waals surface area contributed by atoms with Gasteiger partial charge in [0, 0.05) is 5.54 Å². The molecular formula is C11H19N. The van der Waals surface area contributed by atoms with Gasteiger partial charge < -0.3 is 0 Å². The zero-order chi connectivity index (χ0) is 8.02. The Balaban J connectivity index is 1.89. The van der Waals surface area contributed by atoms with Crippen molar-refractivity contribution in [1.82, 2.24) is 4.90 Å². The van der Waals surface area contributed by atoms with Gasteiger partial charge in [-0.15, -0.1) is 0 Å². The van der Waals surface area contributed by atoms with Crippen molar-refractivity contribution in [2.45, 2.75) is 50.5 Å². The quantitative estimate of drug-likeness (QED) is 0.533. The van der Waals surface area contributed by atoms with E-state index in [4.69, 9.17) is 0 Å². The molecule has 1 heteroatoms. The van der Waals surface area contributed by atoms with E-state index >= 15 is 0 Å². The van der Waals surface area contributed by atoms with Gasteiger partial charge in [-0.3, -0.25) is 4.90 Å². The Kier molecular flexibility index (Phi) is 1.52. The first kappa shape index (κ1) is 7.37. The zero-order valence-electron chi connectivity index (χ0n) is 7.89. The molecule has 2 atom stereocenters. The molecule has 2 heterocycles. The molecule has 1 saturated carbocycles. The van der Waals surface area contributed by atoms with Crippen LogP contribution in [-0.4, -0.2) is 23.5 Å². The van der Waals surface area contributed by atoms with E-state index in [2.05, 4.69) is 4.90 Å². The van der Waals surface area contributed by atoms with Crippen molar-refractivity contribution in [1.29, 1.82) is 0 Å². The van der Waals surface area contributed by atoms with Crippen LogP contribution in [0.25, 0.3) is 0 Å². The van der Waals surface area contributed by atoms with Crippen LogP contribution >= 0.6 is 0 Å². The van der Waals surface area contributed by atoms with Gasteiger partial charge in [0.25, 0.3) is 0 Å². The van der Waals surface area contributed by atoms with Crippen molar-refractivity contribution in [3.63, 3.8) is 0 Å². The third kappa shape index (κ3) is 0.891. The van der Waals surface area contributed by atoms with E-state index < -0.39 is 0 Å². The third-order valence-corrected chi connectivity index (χ3v) is 4.47. The van der Waals surface area contributed by atoms with Crippen molar-refractivity contribution >= 4 is 0 Å². The third-order valence-electron chi connectivity index (χ3n) is 4.47. The van der Waals surface area contributed by atoms with Crippen LogP contribution < -0.4 is 0 Å². The van der Waals surface area contributed by atoms with Gasteiger partial charge in [0.15, 0.2) is 0 Å². The molecule has 68 valence electrons. The molecule has 1 spiro atoms. The predicted molar refractivity (Wildman–Crippen MR) is 50.1 cm³/mol. The minimum absolute atomic E-state index is 0.723. The van der Waals surface area contributed by atoms with Crippen LogP contribution in [0.2, 0.25) is 0 Å². The minimum Gasteiger partial charge on any atom is -0.298 e. The summed E-state index contributed by atoms with van der Waals surface area (Å²) in [7, 11) is 0. The van der Waals surface area contributed by atoms with E-state index in [1.54, 1.807) is 6.42 Å². The van der Waals surface area contributed by atoms with Gasteiger partial charge in [0.2, 0.25) is 0 Å². The van der Waals surface area contributed by atoms with Gasteiger partial charge in [-0.05, 0) is 51.1 Å². The monoisotopic (exact) mass is 165 g/mol. The molecule has 0 amide bonds. The highest BCUT2D eigenvalue weighted by atomic mass is 15.2. The average Bonchev–Trinajstić information content (AvgIpc) is 2.46. The number of fused-ring (bicyclic) bond motifs is 1. The second kappa shape index (κ2) is 2.47. The summed E-state index contributed by atoms with van der Waals surface area (Å²) in [5.41, 5.74) is 0.723. The lowest BCUT2D eigenvalue weighted by atomic mass is 9.70. The number of piperidine rings is 1. The van der Waals surface area contributed by atoms with E-state index in [0.29, 0.717) is 0 Å². The number of hydrogen-bond acceptors (Lipinski definition) is 1. The van der Waals surface area contributed by atoms with Crippen LogP contribution in [0, 0.1) is 5.92 Å². The summed E-state index contributed by atoms with van der Waals surface area (Å²) in [5, 5.41) is 0. The second-order valence-corrected chi connectivity index (χ2v) is 5.07. The fourth-order valence-corrected chi connectivity index (χ4v) is 3.90. The van der Waals surface area contributed by atoms with E-state index in [9.17, 15) is 0 Å². The molecular weight excluding hydrogens is 146 g/mol. The second-order valence-electron chi connectivity index (χ2n) is 5.07. The maximum Gasteiger partial charge on any atom is 0.0212 e. The Morgan fingerprint density at radius 2 is 1.92 bits per heavy atom. The van der Waals surface area contributed by atoms with Crippen molar-refractivity contribution in [3.05, 3.63) is 0 Å². The fourth-order valence-electron chi connectivity index (χ4n) is 3.90. The fraction of sp³-hybridized carbons (Fsp3) is 1.00. The highest BCUT2D eigenvalue weighted by Crippen LogP contribution is 2.47. The van der Waals surface area contributed by atoms with Crippen LogP contribution in [0.15, 0.2) is 0 Å². The summed E-state index contributed by atoms with van der Waals surface area (Å²) in [6.45, 7) is 2.83. The van der Waals surface area contributed by atoms with Crippen molar-refractivity contribution in [2.24, 2.45) is 5.92 Å². The molecule has 3 fully saturated rings. The normalized spacial score (nSPS) is 47.5. The Morgan fingerprint density at radius 3 is 2.92 bits per heavy atom. The molecule has 12 heavy (non-hydrogen) atoms. The maximum absolute atomic E-state index is 2.81.